The van der Waals surface area contributed by atoms with E-state index in [9.17, 15) is 18.4 Å². The number of esters is 1. The summed E-state index contributed by atoms with van der Waals surface area (Å²) in [4.78, 5) is 28.1. The minimum atomic E-state index is -1.28. The highest BCUT2D eigenvalue weighted by atomic mass is 79.9. The average Bonchev–Trinajstić information content (AvgIpc) is 2.63. The molecule has 5 nitrogen and oxygen atoms in total. The molecule has 8 heteroatoms. The number of alkyl halides is 1. The molecule has 1 aliphatic rings. The van der Waals surface area contributed by atoms with Crippen LogP contribution in [0.25, 0.3) is 0 Å². The second kappa shape index (κ2) is 9.20. The predicted molar refractivity (Wildman–Crippen MR) is 119 cm³/mol. The lowest BCUT2D eigenvalue weighted by molar-refractivity contribution is -0.157. The predicted octanol–water partition coefficient (Wildman–Crippen LogP) is 4.19. The van der Waals surface area contributed by atoms with Gasteiger partial charge in [0.05, 0.1) is 0 Å². The number of aromatic nitrogens is 1. The Morgan fingerprint density at radius 3 is 2.58 bits per heavy atom. The van der Waals surface area contributed by atoms with Crippen molar-refractivity contribution in [3.05, 3.63) is 67.8 Å². The number of nitrogens with zero attached hydrogens (tertiary/aromatic N) is 2. The first-order valence-electron chi connectivity index (χ1n) is 10.2. The lowest BCUT2D eigenvalue weighted by Gasteiger charge is -2.34. The van der Waals surface area contributed by atoms with Crippen LogP contribution in [-0.2, 0) is 16.0 Å². The van der Waals surface area contributed by atoms with Gasteiger partial charge in [0.1, 0.15) is 17.6 Å². The second-order valence-electron chi connectivity index (χ2n) is 8.95. The molecule has 0 radical (unpaired) electrons. The van der Waals surface area contributed by atoms with E-state index in [4.69, 9.17) is 4.74 Å². The summed E-state index contributed by atoms with van der Waals surface area (Å²) in [5.74, 6) is -1.32. The van der Waals surface area contributed by atoms with Gasteiger partial charge in [-0.3, -0.25) is 14.3 Å². The molecule has 1 saturated heterocycles. The molecule has 0 aliphatic carbocycles. The van der Waals surface area contributed by atoms with Crippen molar-refractivity contribution in [3.8, 4) is 0 Å². The molecule has 2 aromatic rings. The molecule has 0 N–H and O–H groups in total. The van der Waals surface area contributed by atoms with Gasteiger partial charge in [0.15, 0.2) is 6.04 Å². The maximum atomic E-state index is 14.8. The van der Waals surface area contributed by atoms with E-state index >= 15 is 0 Å². The number of halogens is 3. The Kier molecular flexibility index (Phi) is 7.01. The molecule has 0 saturated carbocycles. The molecule has 1 aromatic carbocycles. The van der Waals surface area contributed by atoms with Crippen molar-refractivity contribution in [3.63, 3.8) is 0 Å². The summed E-state index contributed by atoms with van der Waals surface area (Å²) in [6.45, 7) is 8.26. The van der Waals surface area contributed by atoms with Crippen molar-refractivity contribution in [2.24, 2.45) is 0 Å². The number of aryl methyl sites for hydroxylation is 1. The summed E-state index contributed by atoms with van der Waals surface area (Å²) >= 11 is 3.31. The molecule has 0 spiro atoms. The van der Waals surface area contributed by atoms with Crippen LogP contribution in [0.3, 0.4) is 0 Å². The number of pyridine rings is 1. The zero-order valence-corrected chi connectivity index (χ0v) is 19.7. The maximum absolute atomic E-state index is 14.8. The zero-order valence-electron chi connectivity index (χ0n) is 18.1. The first kappa shape index (κ1) is 23.6. The van der Waals surface area contributed by atoms with E-state index < -0.39 is 35.2 Å². The van der Waals surface area contributed by atoms with Crippen LogP contribution in [0.4, 0.5) is 8.78 Å². The third kappa shape index (κ3) is 5.80. The van der Waals surface area contributed by atoms with Gasteiger partial charge in [0, 0.05) is 41.4 Å². The van der Waals surface area contributed by atoms with Crippen molar-refractivity contribution in [1.29, 1.82) is 0 Å². The van der Waals surface area contributed by atoms with E-state index in [-0.39, 0.29) is 5.56 Å². The van der Waals surface area contributed by atoms with Gasteiger partial charge < -0.3 is 4.74 Å². The lowest BCUT2D eigenvalue weighted by atomic mass is 10.0. The summed E-state index contributed by atoms with van der Waals surface area (Å²) in [6.07, 6.45) is 1.37. The Morgan fingerprint density at radius 2 is 1.97 bits per heavy atom. The highest BCUT2D eigenvalue weighted by Gasteiger charge is 2.32. The summed E-state index contributed by atoms with van der Waals surface area (Å²) < 4.78 is 35.2. The molecule has 2 heterocycles. The molecule has 0 bridgehead atoms. The van der Waals surface area contributed by atoms with Crippen LogP contribution in [-0.4, -0.2) is 46.8 Å². The van der Waals surface area contributed by atoms with Crippen molar-refractivity contribution in [2.45, 2.75) is 51.9 Å². The molecule has 1 aromatic heterocycles. The van der Waals surface area contributed by atoms with E-state index in [0.29, 0.717) is 36.1 Å². The van der Waals surface area contributed by atoms with Gasteiger partial charge in [0.2, 0.25) is 0 Å². The van der Waals surface area contributed by atoms with Crippen LogP contribution in [0.2, 0.25) is 0 Å². The second-order valence-corrected chi connectivity index (χ2v) is 9.87. The molecule has 31 heavy (non-hydrogen) atoms. The average molecular weight is 497 g/mol. The Labute approximate surface area is 189 Å². The summed E-state index contributed by atoms with van der Waals surface area (Å²) in [7, 11) is 0. The molecule has 168 valence electrons. The van der Waals surface area contributed by atoms with Crippen molar-refractivity contribution in [1.82, 2.24) is 9.47 Å². The summed E-state index contributed by atoms with van der Waals surface area (Å²) in [5, 5.41) is 0. The van der Waals surface area contributed by atoms with E-state index in [1.807, 2.05) is 4.90 Å². The molecule has 1 aliphatic heterocycles. The molecule has 1 atom stereocenters. The number of rotatable bonds is 6. The van der Waals surface area contributed by atoms with Gasteiger partial charge in [-0.2, -0.15) is 0 Å². The van der Waals surface area contributed by atoms with Crippen molar-refractivity contribution >= 4 is 21.9 Å². The van der Waals surface area contributed by atoms with Crippen LogP contribution < -0.4 is 5.56 Å². The lowest BCUT2D eigenvalue weighted by Crippen LogP contribution is -2.49. The number of carbonyl (C=O) groups excluding carboxylic acids is 1. The van der Waals surface area contributed by atoms with Crippen LogP contribution in [0.15, 0.2) is 39.7 Å². The molecule has 0 amide bonds. The summed E-state index contributed by atoms with van der Waals surface area (Å²) in [6, 6.07) is 4.74. The van der Waals surface area contributed by atoms with Crippen molar-refractivity contribution < 1.29 is 18.3 Å². The largest absolute Gasteiger partial charge is 0.458 e. The minimum absolute atomic E-state index is 0.0466. The van der Waals surface area contributed by atoms with E-state index in [1.165, 1.54) is 22.8 Å². The number of benzene rings is 1. The first-order valence-corrected chi connectivity index (χ1v) is 11.0. The van der Waals surface area contributed by atoms with Gasteiger partial charge in [-0.05, 0) is 63.9 Å². The number of hydrogen-bond acceptors (Lipinski definition) is 4. The van der Waals surface area contributed by atoms with Gasteiger partial charge >= 0.3 is 5.97 Å². The number of ether oxygens (including phenoxy) is 1. The smallest absolute Gasteiger partial charge is 0.334 e. The zero-order chi connectivity index (χ0) is 22.9. The molecule has 1 unspecified atom stereocenters. The SMILES string of the molecule is Cc1cc(CCN2CC(F)C2)cn(C(C(=O)OC(C)(C)C)c2cc(Br)ccc2F)c1=O. The molecule has 3 rings (SSSR count). The van der Waals surface area contributed by atoms with Crippen molar-refractivity contribution in [2.75, 3.05) is 19.6 Å². The highest BCUT2D eigenvalue weighted by molar-refractivity contribution is 9.10. The standard InChI is InChI=1S/C23H27BrF2N2O3/c1-14-9-15(7-8-27-12-17(25)13-27)11-28(21(14)29)20(22(30)31-23(2,3)4)18-10-16(24)5-6-19(18)26/h5-6,9-11,17,20H,7-8,12-13H2,1-4H3. The van der Waals surface area contributed by atoms with Crippen LogP contribution in [0.1, 0.15) is 43.5 Å². The number of likely N-dealkylation sites (tertiary alicyclic amines) is 1. The monoisotopic (exact) mass is 496 g/mol. The van der Waals surface area contributed by atoms with E-state index in [1.54, 1.807) is 40.0 Å². The molecular weight excluding hydrogens is 470 g/mol. The van der Waals surface area contributed by atoms with Gasteiger partial charge in [-0.15, -0.1) is 0 Å². The molecule has 1 fully saturated rings. The Morgan fingerprint density at radius 1 is 1.29 bits per heavy atom. The fourth-order valence-corrected chi connectivity index (χ4v) is 3.97. The maximum Gasteiger partial charge on any atom is 0.334 e. The molecular formula is C23H27BrF2N2O3. The number of hydrogen-bond donors (Lipinski definition) is 0. The fourth-order valence-electron chi connectivity index (χ4n) is 3.60. The summed E-state index contributed by atoms with van der Waals surface area (Å²) in [5.41, 5.74) is 0.0861. The first-order chi connectivity index (χ1) is 14.4. The Hall–Kier alpha value is -2.06. The van der Waals surface area contributed by atoms with Crippen LogP contribution in [0.5, 0.6) is 0 Å². The van der Waals surface area contributed by atoms with E-state index in [0.717, 1.165) is 5.56 Å². The number of carbonyl (C=O) groups is 1. The third-order valence-electron chi connectivity index (χ3n) is 5.07. The third-order valence-corrected chi connectivity index (χ3v) is 5.56. The topological polar surface area (TPSA) is 51.5 Å². The van der Waals surface area contributed by atoms with Gasteiger partial charge in [0.25, 0.3) is 5.56 Å². The Bertz CT molecular complexity index is 1030. The van der Waals surface area contributed by atoms with Crippen LogP contribution >= 0.6 is 15.9 Å². The minimum Gasteiger partial charge on any atom is -0.458 e. The fraction of sp³-hybridized carbons (Fsp3) is 0.478. The van der Waals surface area contributed by atoms with E-state index in [2.05, 4.69) is 15.9 Å². The van der Waals surface area contributed by atoms with Crippen LogP contribution in [0, 0.1) is 12.7 Å². The van der Waals surface area contributed by atoms with Gasteiger partial charge in [-0.25, -0.2) is 13.6 Å². The quantitative estimate of drug-likeness (QED) is 0.562. The normalized spacial score (nSPS) is 16.1. The van der Waals surface area contributed by atoms with Gasteiger partial charge in [-0.1, -0.05) is 15.9 Å². The Balaban J connectivity index is 2.04. The highest BCUT2D eigenvalue weighted by Crippen LogP contribution is 2.27.